The average molecular weight is 428 g/mol. The fourth-order valence-electron chi connectivity index (χ4n) is 3.42. The van der Waals surface area contributed by atoms with Gasteiger partial charge in [-0.2, -0.15) is 5.26 Å². The third kappa shape index (κ3) is 4.14. The molecule has 0 saturated heterocycles. The Hall–Kier alpha value is -2.81. The summed E-state index contributed by atoms with van der Waals surface area (Å²) in [4.78, 5) is 6.54. The van der Waals surface area contributed by atoms with Crippen LogP contribution in [0.4, 0.5) is 10.2 Å². The smallest absolute Gasteiger partial charge is 0.133 e. The van der Waals surface area contributed by atoms with Crippen LogP contribution < -0.4 is 9.64 Å². The highest BCUT2D eigenvalue weighted by Gasteiger charge is 2.24. The summed E-state index contributed by atoms with van der Waals surface area (Å²) < 4.78 is 20.0. The van der Waals surface area contributed by atoms with E-state index in [9.17, 15) is 9.65 Å². The number of nitrogens with zero attached hydrogens (tertiary/aromatic N) is 3. The minimum Gasteiger partial charge on any atom is -0.488 e. The van der Waals surface area contributed by atoms with Gasteiger partial charge in [0.15, 0.2) is 0 Å². The largest absolute Gasteiger partial charge is 0.488 e. The molecule has 0 radical (unpaired) electrons. The summed E-state index contributed by atoms with van der Waals surface area (Å²) >= 11 is 12.0. The van der Waals surface area contributed by atoms with Crippen LogP contribution in [-0.4, -0.2) is 11.5 Å². The fraction of sp³-hybridized carbons (Fsp3) is 0.182. The van der Waals surface area contributed by atoms with Crippen molar-refractivity contribution in [1.82, 2.24) is 4.98 Å². The van der Waals surface area contributed by atoms with Gasteiger partial charge in [0, 0.05) is 46.0 Å². The molecule has 0 spiro atoms. The van der Waals surface area contributed by atoms with Gasteiger partial charge in [0.25, 0.3) is 0 Å². The molecule has 2 aromatic carbocycles. The quantitative estimate of drug-likeness (QED) is 0.536. The predicted octanol–water partition coefficient (Wildman–Crippen LogP) is 5.54. The maximum absolute atomic E-state index is 14.1. The Morgan fingerprint density at radius 3 is 2.69 bits per heavy atom. The zero-order valence-corrected chi connectivity index (χ0v) is 16.8. The van der Waals surface area contributed by atoms with Crippen molar-refractivity contribution >= 4 is 29.0 Å². The van der Waals surface area contributed by atoms with Crippen molar-refractivity contribution in [2.24, 2.45) is 0 Å². The minimum atomic E-state index is -0.408. The van der Waals surface area contributed by atoms with Gasteiger partial charge in [0.2, 0.25) is 0 Å². The lowest BCUT2D eigenvalue weighted by Crippen LogP contribution is -2.21. The molecule has 0 amide bonds. The van der Waals surface area contributed by atoms with Crippen LogP contribution in [0.3, 0.4) is 0 Å². The van der Waals surface area contributed by atoms with E-state index in [0.29, 0.717) is 33.5 Å². The van der Waals surface area contributed by atoms with Gasteiger partial charge in [-0.25, -0.2) is 9.37 Å². The van der Waals surface area contributed by atoms with Gasteiger partial charge >= 0.3 is 0 Å². The molecule has 0 atom stereocenters. The number of aromatic nitrogens is 1. The molecule has 0 aliphatic carbocycles. The Labute approximate surface area is 178 Å². The number of anilines is 1. The lowest BCUT2D eigenvalue weighted by Gasteiger charge is -2.21. The number of fused-ring (bicyclic) bond motifs is 1. The van der Waals surface area contributed by atoms with E-state index >= 15 is 0 Å². The predicted molar refractivity (Wildman–Crippen MR) is 111 cm³/mol. The van der Waals surface area contributed by atoms with Crippen LogP contribution in [-0.2, 0) is 19.6 Å². The van der Waals surface area contributed by atoms with Crippen molar-refractivity contribution < 1.29 is 9.13 Å². The molecule has 1 aromatic heterocycles. The number of benzene rings is 2. The maximum Gasteiger partial charge on any atom is 0.133 e. The van der Waals surface area contributed by atoms with E-state index in [-0.39, 0.29) is 6.61 Å². The van der Waals surface area contributed by atoms with Crippen molar-refractivity contribution in [3.8, 4) is 11.8 Å². The maximum atomic E-state index is 14.1. The molecule has 7 heteroatoms. The van der Waals surface area contributed by atoms with E-state index in [1.54, 1.807) is 36.5 Å². The molecule has 0 saturated carbocycles. The van der Waals surface area contributed by atoms with E-state index in [1.165, 1.54) is 6.07 Å². The number of rotatable bonds is 5. The summed E-state index contributed by atoms with van der Waals surface area (Å²) in [6, 6.07) is 13.8. The Bertz CT molecular complexity index is 1110. The zero-order valence-electron chi connectivity index (χ0n) is 15.3. The minimum absolute atomic E-state index is 0.0745. The van der Waals surface area contributed by atoms with Crippen LogP contribution in [0.2, 0.25) is 10.0 Å². The summed E-state index contributed by atoms with van der Waals surface area (Å²) in [6.07, 6.45) is 2.41. The SMILES string of the molecule is N#Cc1ccnc2c1CCN2Cc1cc(Cl)ccc1OCc1ccc(Cl)cc1F. The van der Waals surface area contributed by atoms with Crippen LogP contribution in [0.1, 0.15) is 22.3 Å². The average Bonchev–Trinajstić information content (AvgIpc) is 3.11. The summed E-state index contributed by atoms with van der Waals surface area (Å²) in [7, 11) is 0. The molecule has 4 nitrogen and oxygen atoms in total. The second-order valence-corrected chi connectivity index (χ2v) is 7.59. The van der Waals surface area contributed by atoms with Gasteiger partial charge in [0.1, 0.15) is 24.0 Å². The van der Waals surface area contributed by atoms with Crippen LogP contribution >= 0.6 is 23.2 Å². The monoisotopic (exact) mass is 427 g/mol. The van der Waals surface area contributed by atoms with Crippen LogP contribution in [0.25, 0.3) is 0 Å². The Kier molecular flexibility index (Phi) is 5.57. The van der Waals surface area contributed by atoms with Gasteiger partial charge in [-0.05, 0) is 42.8 Å². The summed E-state index contributed by atoms with van der Waals surface area (Å²) in [5, 5.41) is 10.2. The normalized spacial score (nSPS) is 12.6. The van der Waals surface area contributed by atoms with E-state index < -0.39 is 5.82 Å². The molecule has 2 heterocycles. The van der Waals surface area contributed by atoms with Crippen molar-refractivity contribution in [3.05, 3.63) is 86.8 Å². The van der Waals surface area contributed by atoms with Crippen molar-refractivity contribution in [2.45, 2.75) is 19.6 Å². The van der Waals surface area contributed by atoms with Crippen molar-refractivity contribution in [3.63, 3.8) is 0 Å². The van der Waals surface area contributed by atoms with Crippen LogP contribution in [0, 0.1) is 17.1 Å². The number of halogens is 3. The molecule has 3 aromatic rings. The van der Waals surface area contributed by atoms with E-state index in [0.717, 1.165) is 29.9 Å². The molecule has 0 fully saturated rings. The molecule has 29 heavy (non-hydrogen) atoms. The van der Waals surface area contributed by atoms with E-state index in [4.69, 9.17) is 27.9 Å². The fourth-order valence-corrected chi connectivity index (χ4v) is 3.78. The zero-order chi connectivity index (χ0) is 20.4. The second kappa shape index (κ2) is 8.28. The molecule has 0 bridgehead atoms. The molecule has 4 rings (SSSR count). The molecule has 0 unspecified atom stereocenters. The Morgan fingerprint density at radius 2 is 1.90 bits per heavy atom. The standard InChI is InChI=1S/C22H16Cl2FN3O/c23-17-3-4-21(29-13-15-1-2-18(24)10-20(15)25)16(9-17)12-28-8-6-19-14(11-26)5-7-27-22(19)28/h1-5,7,9-10H,6,8,12-13H2. The Morgan fingerprint density at radius 1 is 1.10 bits per heavy atom. The highest BCUT2D eigenvalue weighted by molar-refractivity contribution is 6.30. The first-order chi connectivity index (χ1) is 14.0. The van der Waals surface area contributed by atoms with E-state index in [1.807, 2.05) is 6.07 Å². The summed E-state index contributed by atoms with van der Waals surface area (Å²) in [6.45, 7) is 1.34. The van der Waals surface area contributed by atoms with Crippen molar-refractivity contribution in [1.29, 1.82) is 5.26 Å². The van der Waals surface area contributed by atoms with Gasteiger partial charge in [0.05, 0.1) is 11.6 Å². The molecule has 146 valence electrons. The highest BCUT2D eigenvalue weighted by atomic mass is 35.5. The number of hydrogen-bond donors (Lipinski definition) is 0. The lowest BCUT2D eigenvalue weighted by molar-refractivity contribution is 0.296. The topological polar surface area (TPSA) is 49.2 Å². The summed E-state index contributed by atoms with van der Waals surface area (Å²) in [5.74, 6) is 1.02. The number of hydrogen-bond acceptors (Lipinski definition) is 4. The molecule has 0 N–H and O–H groups in total. The van der Waals surface area contributed by atoms with Gasteiger partial charge in [-0.1, -0.05) is 29.3 Å². The first-order valence-corrected chi connectivity index (χ1v) is 9.79. The first kappa shape index (κ1) is 19.5. The Balaban J connectivity index is 1.56. The van der Waals surface area contributed by atoms with Gasteiger partial charge in [-0.3, -0.25) is 0 Å². The first-order valence-electron chi connectivity index (χ1n) is 9.03. The molecular formula is C22H16Cl2FN3O. The number of ether oxygens (including phenoxy) is 1. The third-order valence-corrected chi connectivity index (χ3v) is 5.34. The second-order valence-electron chi connectivity index (χ2n) is 6.72. The number of nitriles is 1. The highest BCUT2D eigenvalue weighted by Crippen LogP contribution is 2.32. The van der Waals surface area contributed by atoms with Crippen LogP contribution in [0.15, 0.2) is 48.7 Å². The van der Waals surface area contributed by atoms with Crippen molar-refractivity contribution in [2.75, 3.05) is 11.4 Å². The number of pyridine rings is 1. The molecule has 1 aliphatic heterocycles. The third-order valence-electron chi connectivity index (χ3n) is 4.87. The van der Waals surface area contributed by atoms with Gasteiger partial charge in [-0.15, -0.1) is 0 Å². The van der Waals surface area contributed by atoms with Gasteiger partial charge < -0.3 is 9.64 Å². The van der Waals surface area contributed by atoms with Crippen LogP contribution in [0.5, 0.6) is 5.75 Å². The van der Waals surface area contributed by atoms with E-state index in [2.05, 4.69) is 16.0 Å². The molecule has 1 aliphatic rings. The molecular weight excluding hydrogens is 412 g/mol. The summed E-state index contributed by atoms with van der Waals surface area (Å²) in [5.41, 5.74) is 2.90. The lowest BCUT2D eigenvalue weighted by atomic mass is 10.1.